The van der Waals surface area contributed by atoms with Gasteiger partial charge in [0.15, 0.2) is 0 Å². The molecule has 0 spiro atoms. The molecule has 24 heavy (non-hydrogen) atoms. The van der Waals surface area contributed by atoms with Crippen LogP contribution < -0.4 is 10.5 Å². The molecule has 4 nitrogen and oxygen atoms in total. The summed E-state index contributed by atoms with van der Waals surface area (Å²) in [5.41, 5.74) is 8.55. The van der Waals surface area contributed by atoms with E-state index in [0.29, 0.717) is 13.2 Å². The Morgan fingerprint density at radius 3 is 2.38 bits per heavy atom. The van der Waals surface area contributed by atoms with Gasteiger partial charge in [-0.15, -0.1) is 0 Å². The Morgan fingerprint density at radius 2 is 1.71 bits per heavy atom. The van der Waals surface area contributed by atoms with E-state index < -0.39 is 0 Å². The van der Waals surface area contributed by atoms with Gasteiger partial charge in [-0.1, -0.05) is 42.5 Å². The maximum atomic E-state index is 6.00. The predicted molar refractivity (Wildman–Crippen MR) is 96.3 cm³/mol. The number of benzene rings is 2. The molecule has 128 valence electrons. The van der Waals surface area contributed by atoms with Gasteiger partial charge in [-0.25, -0.2) is 0 Å². The quantitative estimate of drug-likeness (QED) is 0.850. The molecule has 1 heterocycles. The van der Waals surface area contributed by atoms with Gasteiger partial charge in [-0.2, -0.15) is 0 Å². The molecule has 0 amide bonds. The van der Waals surface area contributed by atoms with E-state index in [9.17, 15) is 0 Å². The summed E-state index contributed by atoms with van der Waals surface area (Å²) in [6.07, 6.45) is 0.918. The average Bonchev–Trinajstić information content (AvgIpc) is 2.65. The lowest BCUT2D eigenvalue weighted by atomic mass is 10.0. The van der Waals surface area contributed by atoms with Crippen LogP contribution in [0.5, 0.6) is 5.75 Å². The summed E-state index contributed by atoms with van der Waals surface area (Å²) in [7, 11) is 0. The first kappa shape index (κ1) is 17.0. The first-order valence-corrected chi connectivity index (χ1v) is 8.65. The maximum absolute atomic E-state index is 6.00. The molecule has 0 aromatic heterocycles. The highest BCUT2D eigenvalue weighted by Crippen LogP contribution is 2.23. The van der Waals surface area contributed by atoms with E-state index in [2.05, 4.69) is 41.3 Å². The van der Waals surface area contributed by atoms with E-state index in [1.807, 2.05) is 18.2 Å². The van der Waals surface area contributed by atoms with Crippen molar-refractivity contribution in [2.75, 3.05) is 39.5 Å². The number of morpholine rings is 1. The van der Waals surface area contributed by atoms with Crippen molar-refractivity contribution in [2.24, 2.45) is 5.73 Å². The Kier molecular flexibility index (Phi) is 6.24. The van der Waals surface area contributed by atoms with E-state index in [-0.39, 0.29) is 6.04 Å². The fourth-order valence-electron chi connectivity index (χ4n) is 3.10. The van der Waals surface area contributed by atoms with Gasteiger partial charge in [-0.3, -0.25) is 4.90 Å². The van der Waals surface area contributed by atoms with Crippen LogP contribution in [0, 0.1) is 0 Å². The number of nitrogens with zero attached hydrogens (tertiary/aromatic N) is 1. The van der Waals surface area contributed by atoms with Crippen molar-refractivity contribution in [1.82, 2.24) is 4.90 Å². The van der Waals surface area contributed by atoms with Crippen molar-refractivity contribution in [3.63, 3.8) is 0 Å². The molecule has 3 rings (SSSR count). The largest absolute Gasteiger partial charge is 0.493 e. The van der Waals surface area contributed by atoms with Gasteiger partial charge >= 0.3 is 0 Å². The third-order valence-corrected chi connectivity index (χ3v) is 4.48. The summed E-state index contributed by atoms with van der Waals surface area (Å²) in [5, 5.41) is 0. The monoisotopic (exact) mass is 326 g/mol. The van der Waals surface area contributed by atoms with E-state index in [0.717, 1.165) is 38.5 Å². The fourth-order valence-corrected chi connectivity index (χ4v) is 3.10. The van der Waals surface area contributed by atoms with Crippen LogP contribution in [0.15, 0.2) is 54.6 Å². The molecule has 1 saturated heterocycles. The van der Waals surface area contributed by atoms with Crippen LogP contribution in [0.4, 0.5) is 0 Å². The number of nitrogens with two attached hydrogens (primary N) is 1. The van der Waals surface area contributed by atoms with Gasteiger partial charge in [0.2, 0.25) is 0 Å². The molecular formula is C20H26N2O2. The molecule has 1 fully saturated rings. The summed E-state index contributed by atoms with van der Waals surface area (Å²) < 4.78 is 11.3. The highest BCUT2D eigenvalue weighted by atomic mass is 16.5. The Labute approximate surface area is 144 Å². The summed E-state index contributed by atoms with van der Waals surface area (Å²) in [4.78, 5) is 2.40. The minimum Gasteiger partial charge on any atom is -0.493 e. The minimum absolute atomic E-state index is 0.257. The lowest BCUT2D eigenvalue weighted by Gasteiger charge is -2.34. The number of hydrogen-bond donors (Lipinski definition) is 1. The lowest BCUT2D eigenvalue weighted by molar-refractivity contribution is 0.0179. The van der Waals surface area contributed by atoms with Gasteiger partial charge < -0.3 is 15.2 Å². The Morgan fingerprint density at radius 1 is 1.00 bits per heavy atom. The third kappa shape index (κ3) is 4.57. The van der Waals surface area contributed by atoms with Crippen molar-refractivity contribution in [3.8, 4) is 5.75 Å². The smallest absolute Gasteiger partial charge is 0.119 e. The van der Waals surface area contributed by atoms with Crippen molar-refractivity contribution in [2.45, 2.75) is 12.5 Å². The molecule has 4 heteroatoms. The SMILES string of the molecule is NCC(c1ccc(OCCc2ccccc2)cc1)N1CCOCC1. The maximum Gasteiger partial charge on any atom is 0.119 e. The molecule has 0 bridgehead atoms. The normalized spacial score (nSPS) is 16.7. The zero-order chi connectivity index (χ0) is 16.6. The number of rotatable bonds is 7. The van der Waals surface area contributed by atoms with Crippen molar-refractivity contribution >= 4 is 0 Å². The molecule has 1 atom stereocenters. The van der Waals surface area contributed by atoms with Crippen LogP contribution in [0.3, 0.4) is 0 Å². The number of hydrogen-bond acceptors (Lipinski definition) is 4. The third-order valence-electron chi connectivity index (χ3n) is 4.48. The molecule has 0 saturated carbocycles. The van der Waals surface area contributed by atoms with Gasteiger partial charge in [0.05, 0.1) is 19.8 Å². The van der Waals surface area contributed by atoms with Gasteiger partial charge in [0.1, 0.15) is 5.75 Å². The molecule has 0 radical (unpaired) electrons. The van der Waals surface area contributed by atoms with Crippen molar-refractivity contribution < 1.29 is 9.47 Å². The highest BCUT2D eigenvalue weighted by molar-refractivity contribution is 5.29. The molecule has 1 aliphatic heterocycles. The summed E-state index contributed by atoms with van der Waals surface area (Å²) in [6, 6.07) is 19.0. The molecule has 1 unspecified atom stereocenters. The zero-order valence-electron chi connectivity index (χ0n) is 14.1. The van der Waals surface area contributed by atoms with Gasteiger partial charge in [0.25, 0.3) is 0 Å². The van der Waals surface area contributed by atoms with E-state index in [1.165, 1.54) is 11.1 Å². The van der Waals surface area contributed by atoms with Crippen LogP contribution in [-0.4, -0.2) is 44.4 Å². The Bertz CT molecular complexity index is 595. The second-order valence-electron chi connectivity index (χ2n) is 6.05. The Hall–Kier alpha value is -1.88. The van der Waals surface area contributed by atoms with Crippen molar-refractivity contribution in [3.05, 3.63) is 65.7 Å². The van der Waals surface area contributed by atoms with Gasteiger partial charge in [0, 0.05) is 32.1 Å². The molecule has 1 aliphatic rings. The van der Waals surface area contributed by atoms with Crippen LogP contribution in [0.2, 0.25) is 0 Å². The predicted octanol–water partition coefficient (Wildman–Crippen LogP) is 2.64. The summed E-state index contributed by atoms with van der Waals surface area (Å²) >= 11 is 0. The first-order chi connectivity index (χ1) is 11.9. The van der Waals surface area contributed by atoms with Crippen LogP contribution >= 0.6 is 0 Å². The van der Waals surface area contributed by atoms with E-state index in [4.69, 9.17) is 15.2 Å². The summed E-state index contributed by atoms with van der Waals surface area (Å²) in [5.74, 6) is 0.910. The van der Waals surface area contributed by atoms with Crippen LogP contribution in [0.25, 0.3) is 0 Å². The second kappa shape index (κ2) is 8.83. The molecular weight excluding hydrogens is 300 g/mol. The first-order valence-electron chi connectivity index (χ1n) is 8.65. The standard InChI is InChI=1S/C20H26N2O2/c21-16-20(22-11-14-23-15-12-22)18-6-8-19(9-7-18)24-13-10-17-4-2-1-3-5-17/h1-9,20H,10-16,21H2. The zero-order valence-corrected chi connectivity index (χ0v) is 14.1. The fraction of sp³-hybridized carbons (Fsp3) is 0.400. The molecule has 0 aliphatic carbocycles. The van der Waals surface area contributed by atoms with E-state index in [1.54, 1.807) is 0 Å². The summed E-state index contributed by atoms with van der Waals surface area (Å²) in [6.45, 7) is 4.77. The molecule has 2 aromatic carbocycles. The topological polar surface area (TPSA) is 47.7 Å². The number of ether oxygens (including phenoxy) is 2. The Balaban J connectivity index is 1.54. The second-order valence-corrected chi connectivity index (χ2v) is 6.05. The highest BCUT2D eigenvalue weighted by Gasteiger charge is 2.21. The average molecular weight is 326 g/mol. The lowest BCUT2D eigenvalue weighted by Crippen LogP contribution is -2.41. The minimum atomic E-state index is 0.257. The van der Waals surface area contributed by atoms with E-state index >= 15 is 0 Å². The van der Waals surface area contributed by atoms with Gasteiger partial charge in [-0.05, 0) is 23.3 Å². The molecule has 2 N–H and O–H groups in total. The molecule has 2 aromatic rings. The van der Waals surface area contributed by atoms with Crippen LogP contribution in [-0.2, 0) is 11.2 Å². The van der Waals surface area contributed by atoms with Crippen molar-refractivity contribution in [1.29, 1.82) is 0 Å². The van der Waals surface area contributed by atoms with Crippen LogP contribution in [0.1, 0.15) is 17.2 Å².